The standard InChI is InChI=1S/C16H14FN3O2S/c1-11(15(21)12-4-6-13(17)7-5-12)23-16-19-18-10-20(16)9-14-3-2-8-22-14/h2-8,10-11H,9H2,1H3/t11-/m1/s1. The van der Waals surface area contributed by atoms with Crippen molar-refractivity contribution in [1.29, 1.82) is 0 Å². The molecule has 7 heteroatoms. The lowest BCUT2D eigenvalue weighted by molar-refractivity contribution is 0.0994. The highest BCUT2D eigenvalue weighted by molar-refractivity contribution is 8.00. The molecule has 23 heavy (non-hydrogen) atoms. The molecule has 0 radical (unpaired) electrons. The maximum absolute atomic E-state index is 12.9. The number of carbonyl (C=O) groups is 1. The van der Waals surface area contributed by atoms with Crippen molar-refractivity contribution in [3.05, 3.63) is 66.1 Å². The van der Waals surface area contributed by atoms with Gasteiger partial charge in [-0.2, -0.15) is 0 Å². The number of ketones is 1. The molecule has 0 aliphatic rings. The summed E-state index contributed by atoms with van der Waals surface area (Å²) < 4.78 is 20.1. The van der Waals surface area contributed by atoms with E-state index in [1.807, 2.05) is 16.7 Å². The van der Waals surface area contributed by atoms with Gasteiger partial charge in [-0.1, -0.05) is 11.8 Å². The number of carbonyl (C=O) groups excluding carboxylic acids is 1. The van der Waals surface area contributed by atoms with E-state index in [1.165, 1.54) is 36.0 Å². The van der Waals surface area contributed by atoms with Crippen molar-refractivity contribution in [1.82, 2.24) is 14.8 Å². The second kappa shape index (κ2) is 6.78. The SMILES string of the molecule is C[C@@H](Sc1nncn1Cc1ccco1)C(=O)c1ccc(F)cc1. The monoisotopic (exact) mass is 331 g/mol. The number of furan rings is 1. The molecular weight excluding hydrogens is 317 g/mol. The van der Waals surface area contributed by atoms with Crippen molar-refractivity contribution in [3.8, 4) is 0 Å². The molecule has 0 aliphatic carbocycles. The largest absolute Gasteiger partial charge is 0.467 e. The van der Waals surface area contributed by atoms with Gasteiger partial charge in [0.1, 0.15) is 17.9 Å². The number of benzene rings is 1. The Labute approximate surface area is 136 Å². The van der Waals surface area contributed by atoms with Crippen LogP contribution in [-0.4, -0.2) is 25.8 Å². The smallest absolute Gasteiger partial charge is 0.192 e. The lowest BCUT2D eigenvalue weighted by Gasteiger charge is -2.10. The van der Waals surface area contributed by atoms with Crippen molar-refractivity contribution in [2.24, 2.45) is 0 Å². The van der Waals surface area contributed by atoms with Crippen LogP contribution in [-0.2, 0) is 6.54 Å². The van der Waals surface area contributed by atoms with Crippen molar-refractivity contribution in [2.45, 2.75) is 23.9 Å². The van der Waals surface area contributed by atoms with E-state index in [-0.39, 0.29) is 16.9 Å². The van der Waals surface area contributed by atoms with Crippen molar-refractivity contribution in [3.63, 3.8) is 0 Å². The van der Waals surface area contributed by atoms with Gasteiger partial charge in [0, 0.05) is 5.56 Å². The fraction of sp³-hybridized carbons (Fsp3) is 0.188. The van der Waals surface area contributed by atoms with Crippen molar-refractivity contribution in [2.75, 3.05) is 0 Å². The summed E-state index contributed by atoms with van der Waals surface area (Å²) >= 11 is 1.31. The van der Waals surface area contributed by atoms with Crippen LogP contribution >= 0.6 is 11.8 Å². The summed E-state index contributed by atoms with van der Waals surface area (Å²) in [6, 6.07) is 9.22. The summed E-state index contributed by atoms with van der Waals surface area (Å²) in [6.07, 6.45) is 3.20. The second-order valence-electron chi connectivity index (χ2n) is 4.95. The first-order valence-corrected chi connectivity index (χ1v) is 7.88. The number of nitrogens with zero attached hydrogens (tertiary/aromatic N) is 3. The minimum absolute atomic E-state index is 0.0810. The van der Waals surface area contributed by atoms with Gasteiger partial charge in [0.15, 0.2) is 10.9 Å². The average Bonchev–Trinajstić information content (AvgIpc) is 3.20. The lowest BCUT2D eigenvalue weighted by Crippen LogP contribution is -2.14. The molecular formula is C16H14FN3O2S. The number of hydrogen-bond acceptors (Lipinski definition) is 5. The van der Waals surface area contributed by atoms with E-state index in [0.717, 1.165) is 5.76 Å². The van der Waals surface area contributed by atoms with Gasteiger partial charge in [-0.25, -0.2) is 4.39 Å². The van der Waals surface area contributed by atoms with Crippen LogP contribution in [0.25, 0.3) is 0 Å². The molecule has 1 atom stereocenters. The third-order valence-electron chi connectivity index (χ3n) is 3.27. The normalized spacial score (nSPS) is 12.3. The summed E-state index contributed by atoms with van der Waals surface area (Å²) in [7, 11) is 0. The van der Waals surface area contributed by atoms with Crippen LogP contribution in [0.1, 0.15) is 23.0 Å². The number of aromatic nitrogens is 3. The van der Waals surface area contributed by atoms with Gasteiger partial charge < -0.3 is 8.98 Å². The molecule has 0 spiro atoms. The van der Waals surface area contributed by atoms with Gasteiger partial charge in [0.25, 0.3) is 0 Å². The Hall–Kier alpha value is -2.41. The van der Waals surface area contributed by atoms with Crippen LogP contribution in [0.15, 0.2) is 58.6 Å². The first-order valence-electron chi connectivity index (χ1n) is 7.00. The molecule has 0 saturated heterocycles. The first kappa shape index (κ1) is 15.5. The third-order valence-corrected chi connectivity index (χ3v) is 4.36. The number of Topliss-reactive ketones (excluding diaryl/α,β-unsaturated/α-hetero) is 1. The summed E-state index contributed by atoms with van der Waals surface area (Å²) in [6.45, 7) is 2.29. The Morgan fingerprint density at radius 2 is 2.13 bits per heavy atom. The Morgan fingerprint density at radius 3 is 2.83 bits per heavy atom. The number of halogens is 1. The summed E-state index contributed by atoms with van der Waals surface area (Å²) in [5.74, 6) is 0.340. The van der Waals surface area contributed by atoms with E-state index in [1.54, 1.807) is 19.5 Å². The molecule has 118 valence electrons. The molecule has 3 rings (SSSR count). The fourth-order valence-corrected chi connectivity index (χ4v) is 2.98. The van der Waals surface area contributed by atoms with Gasteiger partial charge >= 0.3 is 0 Å². The van der Waals surface area contributed by atoms with Crippen molar-refractivity contribution < 1.29 is 13.6 Å². The van der Waals surface area contributed by atoms with Crippen LogP contribution in [0.3, 0.4) is 0 Å². The van der Waals surface area contributed by atoms with Crippen LogP contribution in [0.5, 0.6) is 0 Å². The quantitative estimate of drug-likeness (QED) is 0.511. The van der Waals surface area contributed by atoms with Gasteiger partial charge in [0.2, 0.25) is 0 Å². The average molecular weight is 331 g/mol. The molecule has 0 unspecified atom stereocenters. The highest BCUT2D eigenvalue weighted by Gasteiger charge is 2.19. The molecule has 0 fully saturated rings. The molecule has 0 amide bonds. The zero-order valence-corrected chi connectivity index (χ0v) is 13.2. The van der Waals surface area contributed by atoms with Gasteiger partial charge in [-0.05, 0) is 43.3 Å². The minimum atomic E-state index is -0.361. The van der Waals surface area contributed by atoms with Crippen LogP contribution in [0, 0.1) is 5.82 Å². The molecule has 2 heterocycles. The number of thioether (sulfide) groups is 1. The van der Waals surface area contributed by atoms with E-state index in [0.29, 0.717) is 17.3 Å². The Bertz CT molecular complexity index is 784. The summed E-state index contributed by atoms with van der Waals surface area (Å²) in [4.78, 5) is 12.4. The Kier molecular flexibility index (Phi) is 4.57. The van der Waals surface area contributed by atoms with E-state index in [9.17, 15) is 9.18 Å². The van der Waals surface area contributed by atoms with E-state index in [2.05, 4.69) is 10.2 Å². The highest BCUT2D eigenvalue weighted by Crippen LogP contribution is 2.24. The van der Waals surface area contributed by atoms with Crippen LogP contribution in [0.4, 0.5) is 4.39 Å². The molecule has 1 aromatic carbocycles. The maximum atomic E-state index is 12.9. The second-order valence-corrected chi connectivity index (χ2v) is 6.26. The Balaban J connectivity index is 1.70. The number of rotatable bonds is 6. The molecule has 0 saturated carbocycles. The fourth-order valence-electron chi connectivity index (χ4n) is 2.08. The third kappa shape index (κ3) is 3.68. The van der Waals surface area contributed by atoms with Gasteiger partial charge in [0.05, 0.1) is 18.1 Å². The topological polar surface area (TPSA) is 60.9 Å². The maximum Gasteiger partial charge on any atom is 0.192 e. The van der Waals surface area contributed by atoms with Gasteiger partial charge in [-0.15, -0.1) is 10.2 Å². The molecule has 2 aromatic heterocycles. The molecule has 3 aromatic rings. The molecule has 5 nitrogen and oxygen atoms in total. The summed E-state index contributed by atoms with van der Waals surface area (Å²) in [5, 5.41) is 8.21. The van der Waals surface area contributed by atoms with E-state index in [4.69, 9.17) is 4.42 Å². The minimum Gasteiger partial charge on any atom is -0.467 e. The van der Waals surface area contributed by atoms with E-state index < -0.39 is 0 Å². The zero-order valence-electron chi connectivity index (χ0n) is 12.3. The van der Waals surface area contributed by atoms with Crippen molar-refractivity contribution >= 4 is 17.5 Å². The van der Waals surface area contributed by atoms with E-state index >= 15 is 0 Å². The molecule has 0 aliphatic heterocycles. The van der Waals surface area contributed by atoms with Crippen LogP contribution in [0.2, 0.25) is 0 Å². The lowest BCUT2D eigenvalue weighted by atomic mass is 10.1. The number of hydrogen-bond donors (Lipinski definition) is 0. The van der Waals surface area contributed by atoms with Crippen LogP contribution < -0.4 is 0 Å². The summed E-state index contributed by atoms with van der Waals surface area (Å²) in [5.41, 5.74) is 0.475. The predicted octanol–water partition coefficient (Wildman–Crippen LogP) is 3.42. The Morgan fingerprint density at radius 1 is 1.35 bits per heavy atom. The molecule has 0 N–H and O–H groups in total. The predicted molar refractivity (Wildman–Crippen MR) is 83.9 cm³/mol. The highest BCUT2D eigenvalue weighted by atomic mass is 32.2. The molecule has 0 bridgehead atoms. The van der Waals surface area contributed by atoms with Gasteiger partial charge in [-0.3, -0.25) is 4.79 Å². The first-order chi connectivity index (χ1) is 11.1. The zero-order chi connectivity index (χ0) is 16.2.